The van der Waals surface area contributed by atoms with Gasteiger partial charge in [-0.25, -0.2) is 0 Å². The van der Waals surface area contributed by atoms with Gasteiger partial charge in [0.05, 0.1) is 18.8 Å². The van der Waals surface area contributed by atoms with Gasteiger partial charge in [-0.2, -0.15) is 0 Å². The summed E-state index contributed by atoms with van der Waals surface area (Å²) in [5.41, 5.74) is 8.30. The lowest BCUT2D eigenvalue weighted by atomic mass is 9.89. The van der Waals surface area contributed by atoms with Crippen LogP contribution in [0.15, 0.2) is 16.8 Å². The Balaban J connectivity index is 2.98. The van der Waals surface area contributed by atoms with E-state index in [1.807, 2.05) is 0 Å². The first-order valence-electron chi connectivity index (χ1n) is 4.01. The largest absolute Gasteiger partial charge is 0.392 e. The minimum Gasteiger partial charge on any atom is -0.392 e. The first-order chi connectivity index (χ1) is 6.61. The van der Waals surface area contributed by atoms with Crippen molar-refractivity contribution in [3.05, 3.63) is 22.1 Å². The highest BCUT2D eigenvalue weighted by Crippen LogP contribution is 2.21. The lowest BCUT2D eigenvalue weighted by Gasteiger charge is -2.31. The van der Waals surface area contributed by atoms with Crippen molar-refractivity contribution in [1.82, 2.24) is 0 Å². The van der Waals surface area contributed by atoms with E-state index in [9.17, 15) is 15.3 Å². The molecular weight excluding hydrogens is 190 g/mol. The molecule has 1 aliphatic carbocycles. The van der Waals surface area contributed by atoms with Crippen LogP contribution in [0.4, 0.5) is 0 Å². The van der Waals surface area contributed by atoms with E-state index < -0.39 is 31.0 Å². The van der Waals surface area contributed by atoms with Crippen LogP contribution in [-0.4, -0.2) is 51.4 Å². The van der Waals surface area contributed by atoms with Crippen molar-refractivity contribution in [1.29, 1.82) is 0 Å². The molecule has 2 unspecified atom stereocenters. The summed E-state index contributed by atoms with van der Waals surface area (Å²) in [7, 11) is 0. The van der Waals surface area contributed by atoms with E-state index in [0.29, 0.717) is 0 Å². The number of hydrogen-bond donors (Lipinski definition) is 4. The third kappa shape index (κ3) is 1.87. The molecule has 4 atom stereocenters. The molecule has 0 saturated carbocycles. The first-order valence-corrected chi connectivity index (χ1v) is 4.01. The van der Waals surface area contributed by atoms with E-state index in [-0.39, 0.29) is 5.57 Å². The highest BCUT2D eigenvalue weighted by Gasteiger charge is 2.36. The maximum atomic E-state index is 9.35. The monoisotopic (exact) mass is 201 g/mol. The summed E-state index contributed by atoms with van der Waals surface area (Å²) in [5.74, 6) is 0. The average molecular weight is 201 g/mol. The molecule has 0 aromatic rings. The van der Waals surface area contributed by atoms with Gasteiger partial charge in [0, 0.05) is 4.91 Å². The van der Waals surface area contributed by atoms with Gasteiger partial charge in [0.2, 0.25) is 0 Å². The Morgan fingerprint density at radius 3 is 2.50 bits per heavy atom. The zero-order chi connectivity index (χ0) is 10.7. The lowest BCUT2D eigenvalue weighted by Crippen LogP contribution is -2.48. The Morgan fingerprint density at radius 1 is 1.36 bits per heavy atom. The van der Waals surface area contributed by atoms with Gasteiger partial charge in [-0.15, -0.1) is 0 Å². The molecule has 0 amide bonds. The Morgan fingerprint density at radius 2 is 2.00 bits per heavy atom. The maximum absolute atomic E-state index is 9.35. The molecule has 0 aliphatic heterocycles. The Hall–Kier alpha value is -1.11. The van der Waals surface area contributed by atoms with Gasteiger partial charge in [0.1, 0.15) is 12.2 Å². The van der Waals surface area contributed by atoms with Crippen LogP contribution >= 0.6 is 0 Å². The Kier molecular flexibility index (Phi) is 3.45. The molecule has 4 N–H and O–H groups in total. The van der Waals surface area contributed by atoms with Crippen molar-refractivity contribution in [3.8, 4) is 0 Å². The predicted octanol–water partition coefficient (Wildman–Crippen LogP) is -1.32. The van der Waals surface area contributed by atoms with E-state index >= 15 is 0 Å². The fraction of sp³-hybridized carbons (Fsp3) is 0.714. The molecular formula is C7H11N3O4. The summed E-state index contributed by atoms with van der Waals surface area (Å²) in [6.07, 6.45) is -2.86. The molecule has 0 bridgehead atoms. The summed E-state index contributed by atoms with van der Waals surface area (Å²) in [6, 6.07) is -0.958. The van der Waals surface area contributed by atoms with Crippen molar-refractivity contribution < 1.29 is 20.4 Å². The molecule has 78 valence electrons. The number of hydrogen-bond acceptors (Lipinski definition) is 5. The molecule has 1 aliphatic rings. The molecule has 0 heterocycles. The van der Waals surface area contributed by atoms with E-state index in [1.54, 1.807) is 0 Å². The van der Waals surface area contributed by atoms with E-state index in [1.165, 1.54) is 6.08 Å². The molecule has 7 heteroatoms. The second-order valence-corrected chi connectivity index (χ2v) is 3.02. The van der Waals surface area contributed by atoms with Crippen LogP contribution in [0.5, 0.6) is 0 Å². The zero-order valence-electron chi connectivity index (χ0n) is 7.22. The quantitative estimate of drug-likeness (QED) is 0.191. The molecule has 0 saturated heterocycles. The van der Waals surface area contributed by atoms with Gasteiger partial charge in [-0.1, -0.05) is 11.2 Å². The predicted molar refractivity (Wildman–Crippen MR) is 46.1 cm³/mol. The van der Waals surface area contributed by atoms with Crippen molar-refractivity contribution in [2.24, 2.45) is 5.11 Å². The van der Waals surface area contributed by atoms with Gasteiger partial charge in [-0.3, -0.25) is 0 Å². The highest BCUT2D eigenvalue weighted by molar-refractivity contribution is 5.21. The first kappa shape index (κ1) is 11.0. The van der Waals surface area contributed by atoms with Crippen LogP contribution in [0.1, 0.15) is 0 Å². The smallest absolute Gasteiger partial charge is 0.110 e. The zero-order valence-corrected chi connectivity index (χ0v) is 7.22. The maximum Gasteiger partial charge on any atom is 0.110 e. The average Bonchev–Trinajstić information content (AvgIpc) is 2.19. The van der Waals surface area contributed by atoms with Crippen LogP contribution in [-0.2, 0) is 0 Å². The van der Waals surface area contributed by atoms with Crippen LogP contribution in [0.3, 0.4) is 0 Å². The third-order valence-corrected chi connectivity index (χ3v) is 2.16. The minimum absolute atomic E-state index is 0.139. The van der Waals surface area contributed by atoms with Crippen LogP contribution in [0, 0.1) is 0 Å². The SMILES string of the molecule is [N-]=[N+]=NC1C=C(CO)C(O)[C@@H](O)[C@H]1O. The summed E-state index contributed by atoms with van der Waals surface area (Å²) in [4.78, 5) is 2.48. The summed E-state index contributed by atoms with van der Waals surface area (Å²) >= 11 is 0. The van der Waals surface area contributed by atoms with Crippen molar-refractivity contribution in [3.63, 3.8) is 0 Å². The molecule has 0 fully saturated rings. The molecule has 1 rings (SSSR count). The number of azide groups is 1. The number of nitrogens with zero attached hydrogens (tertiary/aromatic N) is 3. The standard InChI is InChI=1S/C7H11N3O4/c8-10-9-4-1-3(2-11)5(12)7(14)6(4)13/h1,4-7,11-14H,2H2/t4?,5?,6-,7+/m0/s1. The summed E-state index contributed by atoms with van der Waals surface area (Å²) in [5, 5.41) is 40.0. The number of rotatable bonds is 2. The van der Waals surface area contributed by atoms with Gasteiger partial charge in [-0.05, 0) is 11.1 Å². The van der Waals surface area contributed by atoms with Gasteiger partial charge >= 0.3 is 0 Å². The fourth-order valence-corrected chi connectivity index (χ4v) is 1.33. The normalized spacial score (nSPS) is 37.3. The topological polar surface area (TPSA) is 130 Å². The van der Waals surface area contributed by atoms with Gasteiger partial charge in [0.25, 0.3) is 0 Å². The van der Waals surface area contributed by atoms with Gasteiger partial charge in [0.15, 0.2) is 0 Å². The van der Waals surface area contributed by atoms with Crippen molar-refractivity contribution in [2.75, 3.05) is 6.61 Å². The fourth-order valence-electron chi connectivity index (χ4n) is 1.33. The number of aliphatic hydroxyl groups is 4. The molecule has 0 radical (unpaired) electrons. The van der Waals surface area contributed by atoms with E-state index in [2.05, 4.69) is 10.0 Å². The van der Waals surface area contributed by atoms with Crippen molar-refractivity contribution >= 4 is 0 Å². The molecule has 0 spiro atoms. The molecule has 14 heavy (non-hydrogen) atoms. The summed E-state index contributed by atoms with van der Waals surface area (Å²) < 4.78 is 0. The lowest BCUT2D eigenvalue weighted by molar-refractivity contribution is -0.0595. The van der Waals surface area contributed by atoms with E-state index in [0.717, 1.165) is 0 Å². The van der Waals surface area contributed by atoms with Crippen LogP contribution < -0.4 is 0 Å². The third-order valence-electron chi connectivity index (χ3n) is 2.16. The van der Waals surface area contributed by atoms with Crippen LogP contribution in [0.25, 0.3) is 10.4 Å². The van der Waals surface area contributed by atoms with Crippen LogP contribution in [0.2, 0.25) is 0 Å². The number of aliphatic hydroxyl groups excluding tert-OH is 4. The van der Waals surface area contributed by atoms with E-state index in [4.69, 9.17) is 10.6 Å². The highest BCUT2D eigenvalue weighted by atomic mass is 16.4. The molecule has 7 nitrogen and oxygen atoms in total. The summed E-state index contributed by atoms with van der Waals surface area (Å²) in [6.45, 7) is -0.456. The minimum atomic E-state index is -1.45. The van der Waals surface area contributed by atoms with Gasteiger partial charge < -0.3 is 20.4 Å². The second kappa shape index (κ2) is 4.41. The molecule has 0 aromatic heterocycles. The Bertz CT molecular complexity index is 287. The Labute approximate surface area is 79.5 Å². The second-order valence-electron chi connectivity index (χ2n) is 3.02. The molecule has 0 aromatic carbocycles. The van der Waals surface area contributed by atoms with Crippen molar-refractivity contribution in [2.45, 2.75) is 24.4 Å².